The van der Waals surface area contributed by atoms with Crippen molar-refractivity contribution in [2.24, 2.45) is 39.4 Å². The lowest BCUT2D eigenvalue weighted by Crippen LogP contribution is -2.68. The molecule has 12 N–H and O–H groups in total. The van der Waals surface area contributed by atoms with Crippen LogP contribution in [0.3, 0.4) is 0 Å². The van der Waals surface area contributed by atoms with Gasteiger partial charge in [-0.15, -0.1) is 6.58 Å². The Hall–Kier alpha value is -2.79. The standard InChI is InChI=1S/C60H92O27/c1-24(2)11-10-16-59(9)49-29(63)19-58(8)28-12-13-34-56(5,6)35(15-17-57(34,7)27(28)14-18-60(49,58)55(75)87-59)82-53-47(37(67)31(65)22-78-53)86-54-48(85-50-41(71)36(66)30(64)21-77-50)43(73)45(25(3)79-54)83-52-44(74)46(39(69)32(20-61)80-52)84-51-42(72)40(70)38(68)33(81-51)23-76-26(4)62/h12,25,27,30-54,61,64-74H,1,10-11,13-23H2,2-9H3/t25-,27+,30-,31-,32-,33-,34+,35+,36+,37+,38-,39-,40+,41-,42-,43+,44-,45-,46+,47-,48-,49-,50+,51+,52+,53+,54+,57-,58+,59+,60-/m1/s1. The SMILES string of the molecule is C=C(C)CCC[C@]1(C)OC(=O)[C@]23CC[C@H]4C(=CC[C@H]5C(C)(C)[C@@H](O[C@@H]6OC[C@@H](O)[C@H](O)[C@H]6O[C@@H]6O[C@H](C)[C@@H](O[C@@H]7O[C@H](CO)[C@@H](O)[C@H](O[C@@H]8O[C@H](COC(C)=O)[C@@H](O)[C@H](O)[C@H]8O)[C@H]7O)[C@H](O)[C@H]6O[C@@H]6OC[C@@H](O)[C@H](O)[C@H]6O)CC[C@]45C)[C@]2(C)CC(=O)[C@@H]31. The Morgan fingerprint density at radius 2 is 1.26 bits per heavy atom. The number of carbonyl (C=O) groups excluding carboxylic acids is 3. The van der Waals surface area contributed by atoms with E-state index in [1.807, 2.05) is 13.8 Å². The number of allylic oxidation sites excluding steroid dienone is 3. The number of ketones is 1. The molecule has 1 spiro atoms. The molecule has 0 amide bonds. The largest absolute Gasteiger partial charge is 0.463 e. The Labute approximate surface area is 504 Å². The maximum Gasteiger partial charge on any atom is 0.314 e. The van der Waals surface area contributed by atoms with E-state index in [4.69, 9.17) is 56.8 Å². The molecule has 10 rings (SSSR count). The summed E-state index contributed by atoms with van der Waals surface area (Å²) in [5.41, 5.74) is -1.37. The summed E-state index contributed by atoms with van der Waals surface area (Å²) in [4.78, 5) is 40.4. The fourth-order valence-electron chi connectivity index (χ4n) is 16.9. The van der Waals surface area contributed by atoms with Gasteiger partial charge in [0.05, 0.1) is 43.4 Å². The second kappa shape index (κ2) is 25.3. The fourth-order valence-corrected chi connectivity index (χ4v) is 16.9. The molecule has 0 bridgehead atoms. The van der Waals surface area contributed by atoms with Crippen LogP contribution in [0, 0.1) is 39.4 Å². The van der Waals surface area contributed by atoms with Gasteiger partial charge < -0.3 is 118 Å². The van der Waals surface area contributed by atoms with Gasteiger partial charge in [-0.3, -0.25) is 14.4 Å². The number of Topliss-reactive ketones (excluding diaryl/α,β-unsaturated/α-hetero) is 1. The van der Waals surface area contributed by atoms with Crippen LogP contribution in [0.1, 0.15) is 113 Å². The van der Waals surface area contributed by atoms with Crippen LogP contribution >= 0.6 is 0 Å². The molecule has 6 aliphatic heterocycles. The van der Waals surface area contributed by atoms with Crippen LogP contribution in [0.15, 0.2) is 23.8 Å². The second-order valence-electron chi connectivity index (χ2n) is 27.6. The molecular weight excluding hydrogens is 1150 g/mol. The highest BCUT2D eigenvalue weighted by Crippen LogP contribution is 2.75. The van der Waals surface area contributed by atoms with Crippen molar-refractivity contribution >= 4 is 17.7 Å². The van der Waals surface area contributed by atoms with Crippen LogP contribution in [0.2, 0.25) is 0 Å². The molecule has 0 radical (unpaired) electrons. The molecule has 3 saturated carbocycles. The van der Waals surface area contributed by atoms with Gasteiger partial charge in [0.25, 0.3) is 0 Å². The topological polar surface area (TPSA) is 405 Å². The van der Waals surface area contributed by atoms with Crippen molar-refractivity contribution in [2.45, 2.75) is 266 Å². The zero-order valence-electron chi connectivity index (χ0n) is 50.6. The van der Waals surface area contributed by atoms with Gasteiger partial charge >= 0.3 is 11.9 Å². The van der Waals surface area contributed by atoms with E-state index in [-0.39, 0.29) is 42.0 Å². The molecule has 0 aromatic heterocycles. The van der Waals surface area contributed by atoms with Crippen molar-refractivity contribution in [1.82, 2.24) is 0 Å². The molecule has 0 aromatic carbocycles. The minimum Gasteiger partial charge on any atom is -0.463 e. The third-order valence-electron chi connectivity index (χ3n) is 21.6. The van der Waals surface area contributed by atoms with Gasteiger partial charge in [0.15, 0.2) is 31.5 Å². The first-order valence-corrected chi connectivity index (χ1v) is 30.7. The summed E-state index contributed by atoms with van der Waals surface area (Å²) in [6.07, 6.45) is -33.3. The van der Waals surface area contributed by atoms with Crippen molar-refractivity contribution in [3.8, 4) is 0 Å². The predicted molar refractivity (Wildman–Crippen MR) is 292 cm³/mol. The average molecular weight is 1250 g/mol. The van der Waals surface area contributed by atoms with E-state index in [0.717, 1.165) is 30.9 Å². The van der Waals surface area contributed by atoms with Gasteiger partial charge in [0.1, 0.15) is 122 Å². The Balaban J connectivity index is 0.873. The third kappa shape index (κ3) is 11.6. The fraction of sp³-hybridized carbons (Fsp3) is 0.883. The molecule has 87 heavy (non-hydrogen) atoms. The number of fused-ring (bicyclic) bond motifs is 4. The second-order valence-corrected chi connectivity index (χ2v) is 27.6. The van der Waals surface area contributed by atoms with Crippen molar-refractivity contribution in [2.75, 3.05) is 26.4 Å². The summed E-state index contributed by atoms with van der Waals surface area (Å²) in [6, 6.07) is 0. The van der Waals surface area contributed by atoms with Crippen LogP contribution in [-0.4, -0.2) is 258 Å². The molecular formula is C60H92O27. The number of rotatable bonds is 17. The van der Waals surface area contributed by atoms with Crippen molar-refractivity contribution in [3.63, 3.8) is 0 Å². The highest BCUT2D eigenvalue weighted by atomic mass is 16.8. The van der Waals surface area contributed by atoms with E-state index < -0.39 is 201 Å². The first-order chi connectivity index (χ1) is 40.8. The smallest absolute Gasteiger partial charge is 0.314 e. The average Bonchev–Trinajstić information content (AvgIpc) is 1.54. The van der Waals surface area contributed by atoms with E-state index in [0.29, 0.717) is 38.5 Å². The van der Waals surface area contributed by atoms with E-state index >= 15 is 0 Å². The van der Waals surface area contributed by atoms with Gasteiger partial charge in [0, 0.05) is 18.8 Å². The molecule has 9 fully saturated rings. The lowest BCUT2D eigenvalue weighted by Gasteiger charge is -2.63. The van der Waals surface area contributed by atoms with Gasteiger partial charge in [-0.25, -0.2) is 0 Å². The summed E-state index contributed by atoms with van der Waals surface area (Å²) in [7, 11) is 0. The Bertz CT molecular complexity index is 2540. The lowest BCUT2D eigenvalue weighted by atomic mass is 9.41. The minimum absolute atomic E-state index is 0.00255. The zero-order valence-corrected chi connectivity index (χ0v) is 50.6. The molecule has 31 atom stereocenters. The Morgan fingerprint density at radius 3 is 1.94 bits per heavy atom. The predicted octanol–water partition coefficient (Wildman–Crippen LogP) is -1.83. The number of hydrogen-bond donors (Lipinski definition) is 12. The van der Waals surface area contributed by atoms with Crippen LogP contribution in [0.5, 0.6) is 0 Å². The third-order valence-corrected chi connectivity index (χ3v) is 21.6. The van der Waals surface area contributed by atoms with Crippen molar-refractivity contribution in [3.05, 3.63) is 23.8 Å². The number of hydrogen-bond acceptors (Lipinski definition) is 27. The molecule has 4 aliphatic carbocycles. The van der Waals surface area contributed by atoms with E-state index in [9.17, 15) is 75.7 Å². The Morgan fingerprint density at radius 1 is 0.655 bits per heavy atom. The maximum absolute atomic E-state index is 14.4. The molecule has 27 heteroatoms. The lowest BCUT2D eigenvalue weighted by molar-refractivity contribution is -0.403. The van der Waals surface area contributed by atoms with E-state index in [1.54, 1.807) is 0 Å². The van der Waals surface area contributed by atoms with Crippen molar-refractivity contribution < 1.29 is 133 Å². The minimum atomic E-state index is -2.07. The van der Waals surface area contributed by atoms with Gasteiger partial charge in [-0.1, -0.05) is 44.9 Å². The number of carbonyl (C=O) groups is 3. The van der Waals surface area contributed by atoms with Crippen LogP contribution in [-0.2, 0) is 71.2 Å². The summed E-state index contributed by atoms with van der Waals surface area (Å²) in [5, 5.41) is 133. The first kappa shape index (κ1) is 67.1. The van der Waals surface area contributed by atoms with Crippen molar-refractivity contribution in [1.29, 1.82) is 0 Å². The summed E-state index contributed by atoms with van der Waals surface area (Å²) in [5.74, 6) is -1.50. The first-order valence-electron chi connectivity index (χ1n) is 30.7. The zero-order chi connectivity index (χ0) is 63.4. The number of aliphatic hydroxyl groups excluding tert-OH is 12. The summed E-state index contributed by atoms with van der Waals surface area (Å²) in [6.45, 7) is 16.6. The van der Waals surface area contributed by atoms with Gasteiger partial charge in [0.2, 0.25) is 0 Å². The van der Waals surface area contributed by atoms with Crippen LogP contribution in [0.25, 0.3) is 0 Å². The summed E-state index contributed by atoms with van der Waals surface area (Å²) >= 11 is 0. The molecule has 494 valence electrons. The summed E-state index contributed by atoms with van der Waals surface area (Å²) < 4.78 is 72.3. The molecule has 27 nitrogen and oxygen atoms in total. The number of aliphatic hydroxyl groups is 12. The number of ether oxygens (including phenoxy) is 12. The van der Waals surface area contributed by atoms with E-state index in [1.165, 1.54) is 6.92 Å². The number of esters is 2. The number of cyclic esters (lactones) is 1. The normalized spacial score (nSPS) is 51.3. The monoisotopic (exact) mass is 1240 g/mol. The van der Waals surface area contributed by atoms with Gasteiger partial charge in [-0.05, 0) is 94.8 Å². The molecule has 10 aliphatic rings. The highest BCUT2D eigenvalue weighted by molar-refractivity contribution is 5.99. The highest BCUT2D eigenvalue weighted by Gasteiger charge is 2.79. The quantitative estimate of drug-likeness (QED) is 0.0563. The van der Waals surface area contributed by atoms with Crippen LogP contribution < -0.4 is 0 Å². The molecule has 6 heterocycles. The van der Waals surface area contributed by atoms with E-state index in [2.05, 4.69) is 40.3 Å². The van der Waals surface area contributed by atoms with Crippen LogP contribution in [0.4, 0.5) is 0 Å². The van der Waals surface area contributed by atoms with Gasteiger partial charge in [-0.2, -0.15) is 0 Å². The molecule has 0 aromatic rings. The molecule has 0 unspecified atom stereocenters. The maximum atomic E-state index is 14.4. The Kier molecular flexibility index (Phi) is 19.5. The molecule has 6 saturated heterocycles.